The van der Waals surface area contributed by atoms with Gasteiger partial charge in [0.1, 0.15) is 70.8 Å². The molecule has 0 saturated carbocycles. The topological polar surface area (TPSA) is 247 Å². The summed E-state index contributed by atoms with van der Waals surface area (Å²) < 4.78 is 27.5. The molecule has 42 heavy (non-hydrogen) atoms. The Balaban J connectivity index is 1.45. The van der Waals surface area contributed by atoms with Crippen LogP contribution in [0.3, 0.4) is 0 Å². The number of hydrogen-bond acceptors (Lipinski definition) is 16. The van der Waals surface area contributed by atoms with E-state index < -0.39 is 79.2 Å². The van der Waals surface area contributed by atoms with Crippen LogP contribution >= 0.6 is 0 Å². The number of aromatic hydroxyl groups is 2. The van der Waals surface area contributed by atoms with E-state index in [1.165, 1.54) is 26.2 Å². The van der Waals surface area contributed by atoms with Crippen LogP contribution in [-0.4, -0.2) is 116 Å². The van der Waals surface area contributed by atoms with Crippen molar-refractivity contribution in [3.05, 3.63) is 34.5 Å². The molecule has 3 heterocycles. The lowest BCUT2D eigenvalue weighted by molar-refractivity contribution is -0.413. The number of fused-ring (bicyclic) bond motifs is 2. The summed E-state index contributed by atoms with van der Waals surface area (Å²) in [5, 5.41) is 81.0. The normalized spacial score (nSPS) is 33.6. The molecule has 2 aliphatic heterocycles. The van der Waals surface area contributed by atoms with Gasteiger partial charge in [0.15, 0.2) is 12.0 Å². The highest BCUT2D eigenvalue weighted by Crippen LogP contribution is 2.37. The van der Waals surface area contributed by atoms with E-state index in [1.807, 2.05) is 0 Å². The Morgan fingerprint density at radius 3 is 2.26 bits per heavy atom. The van der Waals surface area contributed by atoms with Crippen LogP contribution in [0.1, 0.15) is 6.92 Å². The standard InChI is InChI=1S/C26H30O16/c1-8-18(30)21(33)23(35)25(37-8)40-24-22(34)20(32)16(7-27)39-26(24)42-41-14-6-12-10(5-13(14)36-2)19(31)17-11(29)3-9(28)4-15(17)38-12/h3-6,8,16,18,20-30,32-35H,7H2,1-2H3/t8-,16-,18-,20-,21+,22+,23+,24-,25+,26-/m1/s1. The van der Waals surface area contributed by atoms with Gasteiger partial charge >= 0.3 is 0 Å². The smallest absolute Gasteiger partial charge is 0.232 e. The van der Waals surface area contributed by atoms with Crippen LogP contribution in [-0.2, 0) is 19.1 Å². The highest BCUT2D eigenvalue weighted by Gasteiger charge is 2.51. The molecule has 0 radical (unpaired) electrons. The minimum atomic E-state index is -1.79. The summed E-state index contributed by atoms with van der Waals surface area (Å²) in [5.74, 6) is -1.07. The maximum absolute atomic E-state index is 13.1. The molecular weight excluding hydrogens is 568 g/mol. The van der Waals surface area contributed by atoms with Crippen molar-refractivity contribution in [1.82, 2.24) is 0 Å². The second-order valence-corrected chi connectivity index (χ2v) is 9.94. The molecule has 0 unspecified atom stereocenters. The highest BCUT2D eigenvalue weighted by atomic mass is 17.2. The van der Waals surface area contributed by atoms with E-state index >= 15 is 0 Å². The first kappa shape index (κ1) is 30.2. The minimum Gasteiger partial charge on any atom is -0.508 e. The summed E-state index contributed by atoms with van der Waals surface area (Å²) in [7, 11) is 1.26. The Morgan fingerprint density at radius 1 is 0.833 bits per heavy atom. The number of hydrogen-bond donors (Lipinski definition) is 8. The SMILES string of the molecule is COc1cc2c(=O)c3c(O)cc(O)cc3oc2cc1OO[C@H]1O[C@H](CO)[C@@H](O)[C@H](O)[C@H]1O[C@@H]1O[C@H](C)[C@@H](O)[C@H](O)[C@@H]1O. The molecule has 0 aliphatic carbocycles. The van der Waals surface area contributed by atoms with E-state index in [-0.39, 0.29) is 39.2 Å². The molecule has 3 aromatic rings. The number of methoxy groups -OCH3 is 1. The Hall–Kier alpha value is -3.29. The van der Waals surface area contributed by atoms with Gasteiger partial charge in [0.2, 0.25) is 17.5 Å². The maximum Gasteiger partial charge on any atom is 0.232 e. The average Bonchev–Trinajstić information content (AvgIpc) is 2.95. The lowest BCUT2D eigenvalue weighted by Crippen LogP contribution is -2.64. The number of phenolic OH excluding ortho intramolecular Hbond substituents is 2. The summed E-state index contributed by atoms with van der Waals surface area (Å²) in [6.45, 7) is 0.667. The van der Waals surface area contributed by atoms with Crippen molar-refractivity contribution in [2.45, 2.75) is 68.3 Å². The van der Waals surface area contributed by atoms with Crippen molar-refractivity contribution in [1.29, 1.82) is 0 Å². The molecule has 2 aromatic carbocycles. The molecule has 16 nitrogen and oxygen atoms in total. The van der Waals surface area contributed by atoms with Crippen molar-refractivity contribution in [2.24, 2.45) is 0 Å². The fourth-order valence-electron chi connectivity index (χ4n) is 4.83. The van der Waals surface area contributed by atoms with Gasteiger partial charge in [-0.2, -0.15) is 4.89 Å². The number of benzene rings is 2. The Morgan fingerprint density at radius 2 is 1.57 bits per heavy atom. The molecule has 5 rings (SSSR count). The number of ether oxygens (including phenoxy) is 4. The second kappa shape index (κ2) is 11.8. The first-order valence-electron chi connectivity index (χ1n) is 12.8. The molecule has 0 amide bonds. The monoisotopic (exact) mass is 598 g/mol. The van der Waals surface area contributed by atoms with Gasteiger partial charge in [-0.05, 0) is 13.0 Å². The molecule has 1 aromatic heterocycles. The number of aliphatic hydroxyl groups is 6. The summed E-state index contributed by atoms with van der Waals surface area (Å²) in [6, 6.07) is 4.57. The number of rotatable bonds is 7. The molecule has 16 heteroatoms. The van der Waals surface area contributed by atoms with Crippen LogP contribution < -0.4 is 15.1 Å². The van der Waals surface area contributed by atoms with Crippen LogP contribution in [0.25, 0.3) is 21.9 Å². The lowest BCUT2D eigenvalue weighted by atomic mass is 9.97. The summed E-state index contributed by atoms with van der Waals surface area (Å²) >= 11 is 0. The van der Waals surface area contributed by atoms with Crippen molar-refractivity contribution in [3.8, 4) is 23.0 Å². The molecule has 2 saturated heterocycles. The van der Waals surface area contributed by atoms with Gasteiger partial charge in [0.25, 0.3) is 0 Å². The van der Waals surface area contributed by atoms with Gasteiger partial charge in [0.05, 0.1) is 25.2 Å². The van der Waals surface area contributed by atoms with Crippen LogP contribution in [0, 0.1) is 0 Å². The molecular formula is C26H30O16. The quantitative estimate of drug-likeness (QED) is 0.0860. The number of aliphatic hydroxyl groups excluding tert-OH is 6. The van der Waals surface area contributed by atoms with Crippen LogP contribution in [0.15, 0.2) is 33.5 Å². The summed E-state index contributed by atoms with van der Waals surface area (Å²) in [6.07, 6.45) is -15.6. The predicted molar refractivity (Wildman–Crippen MR) is 137 cm³/mol. The maximum atomic E-state index is 13.1. The Labute approximate surface area is 235 Å². The van der Waals surface area contributed by atoms with Crippen molar-refractivity contribution < 1.29 is 74.0 Å². The van der Waals surface area contributed by atoms with Crippen molar-refractivity contribution in [2.75, 3.05) is 13.7 Å². The molecule has 2 aliphatic rings. The van der Waals surface area contributed by atoms with Gasteiger partial charge in [-0.3, -0.25) is 4.79 Å². The zero-order valence-electron chi connectivity index (χ0n) is 22.1. The third kappa shape index (κ3) is 5.33. The van der Waals surface area contributed by atoms with E-state index in [0.717, 1.165) is 12.1 Å². The van der Waals surface area contributed by atoms with E-state index in [0.29, 0.717) is 0 Å². The largest absolute Gasteiger partial charge is 0.508 e. The van der Waals surface area contributed by atoms with E-state index in [4.69, 9.17) is 33.1 Å². The van der Waals surface area contributed by atoms with Gasteiger partial charge in [0, 0.05) is 18.2 Å². The second-order valence-electron chi connectivity index (χ2n) is 9.94. The molecule has 10 atom stereocenters. The van der Waals surface area contributed by atoms with Crippen LogP contribution in [0.5, 0.6) is 23.0 Å². The van der Waals surface area contributed by atoms with Crippen molar-refractivity contribution >= 4 is 21.9 Å². The van der Waals surface area contributed by atoms with Gasteiger partial charge < -0.3 is 69.1 Å². The van der Waals surface area contributed by atoms with Gasteiger partial charge in [-0.15, -0.1) is 0 Å². The fourth-order valence-corrected chi connectivity index (χ4v) is 4.83. The Bertz CT molecular complexity index is 1490. The number of phenols is 2. The summed E-state index contributed by atoms with van der Waals surface area (Å²) in [5.41, 5.74) is -0.811. The van der Waals surface area contributed by atoms with Crippen molar-refractivity contribution in [3.63, 3.8) is 0 Å². The van der Waals surface area contributed by atoms with E-state index in [2.05, 4.69) is 0 Å². The molecule has 230 valence electrons. The molecule has 0 bridgehead atoms. The van der Waals surface area contributed by atoms with Gasteiger partial charge in [-0.25, -0.2) is 0 Å². The molecule has 0 spiro atoms. The molecule has 8 N–H and O–H groups in total. The van der Waals surface area contributed by atoms with Crippen LogP contribution in [0.4, 0.5) is 0 Å². The third-order valence-corrected chi connectivity index (χ3v) is 7.18. The lowest BCUT2D eigenvalue weighted by Gasteiger charge is -2.45. The first-order chi connectivity index (χ1) is 19.9. The fraction of sp³-hybridized carbons (Fsp3) is 0.500. The zero-order chi connectivity index (χ0) is 30.5. The average molecular weight is 599 g/mol. The van der Waals surface area contributed by atoms with E-state index in [1.54, 1.807) is 0 Å². The molecule has 2 fully saturated rings. The predicted octanol–water partition coefficient (Wildman–Crippen LogP) is -1.67. The van der Waals surface area contributed by atoms with Crippen LogP contribution in [0.2, 0.25) is 0 Å². The van der Waals surface area contributed by atoms with E-state index in [9.17, 15) is 45.6 Å². The minimum absolute atomic E-state index is 0.0139. The summed E-state index contributed by atoms with van der Waals surface area (Å²) in [4.78, 5) is 23.8. The third-order valence-electron chi connectivity index (χ3n) is 7.18. The first-order valence-corrected chi connectivity index (χ1v) is 12.8. The highest BCUT2D eigenvalue weighted by molar-refractivity contribution is 5.94. The zero-order valence-corrected chi connectivity index (χ0v) is 22.1. The van der Waals surface area contributed by atoms with Gasteiger partial charge in [-0.1, -0.05) is 0 Å². The Kier molecular flexibility index (Phi) is 8.46.